The number of non-ortho nitro benzene ring substituents is 1. The maximum Gasteiger partial charge on any atom is 0.275 e. The largest absolute Gasteiger partial charge is 0.493 e. The van der Waals surface area contributed by atoms with E-state index in [0.29, 0.717) is 27.9 Å². The summed E-state index contributed by atoms with van der Waals surface area (Å²) in [6, 6.07) is 10.2. The van der Waals surface area contributed by atoms with Crippen molar-refractivity contribution in [3.8, 4) is 17.2 Å². The highest BCUT2D eigenvalue weighted by Crippen LogP contribution is 2.34. The van der Waals surface area contributed by atoms with Gasteiger partial charge in [-0.25, -0.2) is 0 Å². The SMILES string of the molecule is COc1ccccc1Oc1cc(NC(=O)C(C)n2nc(C)c(Cl)c2C)cc([N+](=O)[O-])c1. The van der Waals surface area contributed by atoms with Crippen molar-refractivity contribution in [2.45, 2.75) is 26.8 Å². The van der Waals surface area contributed by atoms with Gasteiger partial charge in [0.05, 0.1) is 40.2 Å². The van der Waals surface area contributed by atoms with Gasteiger partial charge in [-0.1, -0.05) is 23.7 Å². The molecule has 2 aromatic carbocycles. The van der Waals surface area contributed by atoms with E-state index in [1.165, 1.54) is 30.0 Å². The summed E-state index contributed by atoms with van der Waals surface area (Å²) in [5, 5.41) is 18.9. The molecule has 1 aromatic heterocycles. The van der Waals surface area contributed by atoms with Crippen LogP contribution in [0.25, 0.3) is 0 Å². The number of benzene rings is 2. The van der Waals surface area contributed by atoms with E-state index in [1.54, 1.807) is 45.0 Å². The number of nitro groups is 1. The first-order chi connectivity index (χ1) is 14.7. The zero-order valence-corrected chi connectivity index (χ0v) is 18.1. The molecule has 9 nitrogen and oxygen atoms in total. The quantitative estimate of drug-likeness (QED) is 0.403. The molecule has 10 heteroatoms. The smallest absolute Gasteiger partial charge is 0.275 e. The third-order valence-electron chi connectivity index (χ3n) is 4.65. The van der Waals surface area contributed by atoms with Gasteiger partial charge < -0.3 is 14.8 Å². The van der Waals surface area contributed by atoms with Crippen LogP contribution in [0, 0.1) is 24.0 Å². The number of anilines is 1. The number of aryl methyl sites for hydroxylation is 1. The minimum atomic E-state index is -0.691. The Labute approximate surface area is 183 Å². The minimum Gasteiger partial charge on any atom is -0.493 e. The first-order valence-corrected chi connectivity index (χ1v) is 9.71. The number of amides is 1. The van der Waals surface area contributed by atoms with Crippen molar-refractivity contribution in [3.63, 3.8) is 0 Å². The molecule has 31 heavy (non-hydrogen) atoms. The summed E-state index contributed by atoms with van der Waals surface area (Å²) in [6.07, 6.45) is 0. The summed E-state index contributed by atoms with van der Waals surface area (Å²) in [4.78, 5) is 23.6. The fourth-order valence-corrected chi connectivity index (χ4v) is 3.15. The second kappa shape index (κ2) is 9.05. The Kier molecular flexibility index (Phi) is 6.45. The summed E-state index contributed by atoms with van der Waals surface area (Å²) >= 11 is 6.17. The number of rotatable bonds is 7. The summed E-state index contributed by atoms with van der Waals surface area (Å²) < 4.78 is 12.5. The van der Waals surface area contributed by atoms with Gasteiger partial charge in [-0.15, -0.1) is 0 Å². The van der Waals surface area contributed by atoms with Crippen LogP contribution < -0.4 is 14.8 Å². The number of methoxy groups -OCH3 is 1. The minimum absolute atomic E-state index is 0.177. The normalized spacial score (nSPS) is 11.6. The molecule has 0 spiro atoms. The average molecular weight is 445 g/mol. The summed E-state index contributed by atoms with van der Waals surface area (Å²) in [6.45, 7) is 5.17. The molecule has 0 bridgehead atoms. The molecule has 0 fully saturated rings. The van der Waals surface area contributed by atoms with Gasteiger partial charge in [-0.3, -0.25) is 19.6 Å². The monoisotopic (exact) mass is 444 g/mol. The predicted octanol–water partition coefficient (Wildman–Crippen LogP) is 5.06. The highest BCUT2D eigenvalue weighted by molar-refractivity contribution is 6.31. The number of ether oxygens (including phenoxy) is 2. The van der Waals surface area contributed by atoms with Gasteiger partial charge in [0.25, 0.3) is 5.69 Å². The summed E-state index contributed by atoms with van der Waals surface area (Å²) in [5.41, 5.74) is 1.25. The average Bonchev–Trinajstić information content (AvgIpc) is 3.00. The van der Waals surface area contributed by atoms with Gasteiger partial charge in [-0.05, 0) is 32.9 Å². The molecule has 3 aromatic rings. The highest BCUT2D eigenvalue weighted by atomic mass is 35.5. The first kappa shape index (κ1) is 22.1. The van der Waals surface area contributed by atoms with E-state index < -0.39 is 16.9 Å². The van der Waals surface area contributed by atoms with E-state index in [1.807, 2.05) is 0 Å². The Morgan fingerprint density at radius 2 is 1.90 bits per heavy atom. The molecule has 3 rings (SSSR count). The summed E-state index contributed by atoms with van der Waals surface area (Å²) in [7, 11) is 1.49. The van der Waals surface area contributed by atoms with E-state index in [4.69, 9.17) is 21.1 Å². The molecule has 0 aliphatic heterocycles. The number of hydrogen-bond acceptors (Lipinski definition) is 6. The van der Waals surface area contributed by atoms with E-state index >= 15 is 0 Å². The fourth-order valence-electron chi connectivity index (χ4n) is 3.03. The Morgan fingerprint density at radius 1 is 1.23 bits per heavy atom. The Morgan fingerprint density at radius 3 is 2.48 bits per heavy atom. The Balaban J connectivity index is 1.89. The van der Waals surface area contributed by atoms with Crippen molar-refractivity contribution < 1.29 is 19.2 Å². The van der Waals surface area contributed by atoms with Gasteiger partial charge in [0, 0.05) is 12.1 Å². The number of carbonyl (C=O) groups is 1. The Bertz CT molecular complexity index is 1140. The molecule has 1 heterocycles. The molecule has 1 N–H and O–H groups in total. The maximum atomic E-state index is 12.8. The number of carbonyl (C=O) groups excluding carboxylic acids is 1. The van der Waals surface area contributed by atoms with E-state index in [0.717, 1.165) is 0 Å². The van der Waals surface area contributed by atoms with Crippen molar-refractivity contribution in [3.05, 3.63) is 69.0 Å². The lowest BCUT2D eigenvalue weighted by molar-refractivity contribution is -0.384. The molecule has 1 amide bonds. The third-order valence-corrected chi connectivity index (χ3v) is 5.20. The Hall–Kier alpha value is -3.59. The van der Waals surface area contributed by atoms with Crippen molar-refractivity contribution in [1.29, 1.82) is 0 Å². The standard InChI is InChI=1S/C21H21ClN4O5/c1-12-20(22)13(2)25(24-12)14(3)21(27)23-15-9-16(26(28)29)11-17(10-15)31-19-8-6-5-7-18(19)30-4/h5-11,14H,1-4H3,(H,23,27). The predicted molar refractivity (Wildman–Crippen MR) is 116 cm³/mol. The van der Waals surface area contributed by atoms with Gasteiger partial charge in [0.1, 0.15) is 11.8 Å². The number of nitrogens with zero attached hydrogens (tertiary/aromatic N) is 3. The molecule has 1 atom stereocenters. The maximum absolute atomic E-state index is 12.8. The molecular weight excluding hydrogens is 424 g/mol. The number of halogens is 1. The zero-order chi connectivity index (χ0) is 22.7. The van der Waals surface area contributed by atoms with Gasteiger partial charge in [-0.2, -0.15) is 5.10 Å². The zero-order valence-electron chi connectivity index (χ0n) is 17.4. The van der Waals surface area contributed by atoms with Crippen LogP contribution in [-0.2, 0) is 4.79 Å². The van der Waals surface area contributed by atoms with Crippen LogP contribution in [0.3, 0.4) is 0 Å². The molecule has 0 radical (unpaired) electrons. The van der Waals surface area contributed by atoms with Crippen LogP contribution in [0.5, 0.6) is 17.2 Å². The number of aromatic nitrogens is 2. The number of hydrogen-bond donors (Lipinski definition) is 1. The highest BCUT2D eigenvalue weighted by Gasteiger charge is 2.22. The first-order valence-electron chi connectivity index (χ1n) is 9.33. The van der Waals surface area contributed by atoms with E-state index in [2.05, 4.69) is 10.4 Å². The lowest BCUT2D eigenvalue weighted by atomic mass is 10.2. The van der Waals surface area contributed by atoms with Gasteiger partial charge in [0.15, 0.2) is 11.5 Å². The number of para-hydroxylation sites is 2. The molecule has 0 aliphatic carbocycles. The number of nitrogens with one attached hydrogen (secondary N) is 1. The van der Waals surface area contributed by atoms with Crippen LogP contribution in [0.1, 0.15) is 24.4 Å². The van der Waals surface area contributed by atoms with Crippen LogP contribution in [0.15, 0.2) is 42.5 Å². The molecule has 0 saturated heterocycles. The molecule has 0 saturated carbocycles. The van der Waals surface area contributed by atoms with Crippen LogP contribution in [-0.4, -0.2) is 27.7 Å². The molecular formula is C21H21ClN4O5. The van der Waals surface area contributed by atoms with Crippen molar-refractivity contribution >= 4 is 28.9 Å². The number of nitro benzene ring substituents is 1. The van der Waals surface area contributed by atoms with E-state index in [9.17, 15) is 14.9 Å². The van der Waals surface area contributed by atoms with E-state index in [-0.39, 0.29) is 17.1 Å². The van der Waals surface area contributed by atoms with Crippen molar-refractivity contribution in [1.82, 2.24) is 9.78 Å². The van der Waals surface area contributed by atoms with Crippen molar-refractivity contribution in [2.75, 3.05) is 12.4 Å². The van der Waals surface area contributed by atoms with Crippen LogP contribution >= 0.6 is 11.6 Å². The van der Waals surface area contributed by atoms with Gasteiger partial charge in [0.2, 0.25) is 5.91 Å². The second-order valence-electron chi connectivity index (χ2n) is 6.82. The lowest BCUT2D eigenvalue weighted by Crippen LogP contribution is -2.25. The van der Waals surface area contributed by atoms with Gasteiger partial charge >= 0.3 is 0 Å². The second-order valence-corrected chi connectivity index (χ2v) is 7.20. The summed E-state index contributed by atoms with van der Waals surface area (Å²) in [5.74, 6) is 0.616. The molecule has 0 aliphatic rings. The topological polar surface area (TPSA) is 109 Å². The third kappa shape index (κ3) is 4.77. The molecule has 162 valence electrons. The van der Waals surface area contributed by atoms with Crippen LogP contribution in [0.2, 0.25) is 5.02 Å². The fraction of sp³-hybridized carbons (Fsp3) is 0.238. The molecule has 1 unspecified atom stereocenters. The van der Waals surface area contributed by atoms with Crippen LogP contribution in [0.4, 0.5) is 11.4 Å². The lowest BCUT2D eigenvalue weighted by Gasteiger charge is -2.15. The van der Waals surface area contributed by atoms with Crippen molar-refractivity contribution in [2.24, 2.45) is 0 Å².